The third kappa shape index (κ3) is 17.2. The fraction of sp³-hybridized carbons (Fsp3) is 0.133. The van der Waals surface area contributed by atoms with Gasteiger partial charge in [-0.05, 0) is 80.8 Å². The highest BCUT2D eigenvalue weighted by Gasteiger charge is 2.55. The van der Waals surface area contributed by atoms with Crippen molar-refractivity contribution in [1.29, 1.82) is 0 Å². The first-order chi connectivity index (χ1) is 56.1. The van der Waals surface area contributed by atoms with Crippen LogP contribution in [0.5, 0.6) is 11.5 Å². The van der Waals surface area contributed by atoms with Crippen LogP contribution in [0, 0.1) is 0 Å². The molecule has 11 aromatic rings. The van der Waals surface area contributed by atoms with E-state index in [1.54, 1.807) is 58.9 Å². The molecule has 3 N–H and O–H groups in total. The van der Waals surface area contributed by atoms with Gasteiger partial charge in [-0.3, -0.25) is 24.1 Å². The molecule has 1 unspecified atom stereocenters. The molecule has 1 saturated heterocycles. The Hall–Kier alpha value is -13.5. The van der Waals surface area contributed by atoms with Crippen LogP contribution in [-0.4, -0.2) is 96.0 Å². The third-order valence-corrected chi connectivity index (χ3v) is 22.2. The maximum absolute atomic E-state index is 15.9. The molecule has 25 heteroatoms. The number of oxime groups is 1. The SMILES string of the molecule is CC(=O)Oc1ccc(C(ON=C(C(=O)N[C@@H]2C(=O)N3C(C(=O)OC(c4ccccc4)c4ccccc4)=C(CSC4=CC(C)=NC5=CN(C(=O)OC(c6ccccc6)c6ccccc6)NN54)CS[C@H]23)c2csc(NC(c3ccccc3)(c3ccccc3)c3ccccc3)n2)C(=O)OC(c2ccccc2)c2ccccc2)cc1OC(C)=O. The molecule has 4 aliphatic heterocycles. The van der Waals surface area contributed by atoms with Gasteiger partial charge in [0.05, 0.1) is 11.2 Å². The molecule has 0 spiro atoms. The summed E-state index contributed by atoms with van der Waals surface area (Å²) in [4.78, 5) is 120. The number of thioether (sulfide) groups is 2. The quantitative estimate of drug-likeness (QED) is 0.00822. The zero-order chi connectivity index (χ0) is 79.4. The van der Waals surface area contributed by atoms with Gasteiger partial charge in [0.1, 0.15) is 28.3 Å². The summed E-state index contributed by atoms with van der Waals surface area (Å²) in [6.45, 7) is 4.14. The number of thiazole rings is 1. The van der Waals surface area contributed by atoms with Crippen LogP contribution in [0.4, 0.5) is 9.93 Å². The highest BCUT2D eigenvalue weighted by molar-refractivity contribution is 8.03. The number of carbonyl (C=O) groups is 7. The molecule has 4 aliphatic rings. The van der Waals surface area contributed by atoms with Crippen molar-refractivity contribution in [2.24, 2.45) is 10.1 Å². The number of β-lactam (4-membered cyclic amide) rings is 1. The van der Waals surface area contributed by atoms with Crippen LogP contribution < -0.4 is 25.6 Å². The fourth-order valence-corrected chi connectivity index (χ4v) is 17.1. The van der Waals surface area contributed by atoms with Gasteiger partial charge in [-0.25, -0.2) is 29.4 Å². The van der Waals surface area contributed by atoms with Gasteiger partial charge in [-0.1, -0.05) is 284 Å². The van der Waals surface area contributed by atoms with E-state index in [0.717, 1.165) is 46.1 Å². The van der Waals surface area contributed by atoms with Gasteiger partial charge in [0.2, 0.25) is 6.10 Å². The van der Waals surface area contributed by atoms with Crippen LogP contribution in [0.25, 0.3) is 0 Å². The van der Waals surface area contributed by atoms with E-state index in [-0.39, 0.29) is 40.0 Å². The van der Waals surface area contributed by atoms with Crippen LogP contribution in [0.1, 0.15) is 107 Å². The molecular weight excluding hydrogens is 1510 g/mol. The molecule has 22 nitrogen and oxygen atoms in total. The number of esters is 4. The van der Waals surface area contributed by atoms with Crippen molar-refractivity contribution in [3.8, 4) is 11.5 Å². The monoisotopic (exact) mass is 1580 g/mol. The van der Waals surface area contributed by atoms with Crippen LogP contribution in [0.3, 0.4) is 0 Å². The number of rotatable bonds is 27. The Morgan fingerprint density at radius 2 is 1.04 bits per heavy atom. The van der Waals surface area contributed by atoms with Gasteiger partial charge in [0.25, 0.3) is 11.8 Å². The zero-order valence-corrected chi connectivity index (χ0v) is 64.5. The number of fused-ring (bicyclic) bond motifs is 2. The second-order valence-corrected chi connectivity index (χ2v) is 29.7. The Bertz CT molecular complexity index is 5340. The van der Waals surface area contributed by atoms with Crippen molar-refractivity contribution >= 4 is 93.2 Å². The van der Waals surface area contributed by atoms with E-state index in [1.165, 1.54) is 64.8 Å². The molecule has 5 heterocycles. The van der Waals surface area contributed by atoms with E-state index >= 15 is 19.2 Å². The lowest BCUT2D eigenvalue weighted by molar-refractivity contribution is -0.162. The number of aromatic nitrogens is 1. The number of ether oxygens (including phenoxy) is 5. The van der Waals surface area contributed by atoms with E-state index in [0.29, 0.717) is 49.5 Å². The minimum absolute atomic E-state index is 0.0278. The number of nitrogens with zero attached hydrogens (tertiary/aromatic N) is 6. The molecule has 574 valence electrons. The molecule has 115 heavy (non-hydrogen) atoms. The van der Waals surface area contributed by atoms with Crippen LogP contribution >= 0.6 is 34.9 Å². The summed E-state index contributed by atoms with van der Waals surface area (Å²) in [6, 6.07) is 87.3. The van der Waals surface area contributed by atoms with Crippen molar-refractivity contribution < 1.29 is 62.1 Å². The Balaban J connectivity index is 0.784. The molecule has 0 aliphatic carbocycles. The molecule has 3 amide bonds. The van der Waals surface area contributed by atoms with E-state index < -0.39 is 88.9 Å². The molecule has 0 bridgehead atoms. The maximum atomic E-state index is 15.9. The molecule has 1 fully saturated rings. The van der Waals surface area contributed by atoms with Gasteiger partial charge in [0.15, 0.2) is 46.5 Å². The Morgan fingerprint density at radius 1 is 0.583 bits per heavy atom. The van der Waals surface area contributed by atoms with Gasteiger partial charge < -0.3 is 39.2 Å². The number of aliphatic imine (C=N–C) groups is 1. The van der Waals surface area contributed by atoms with Crippen molar-refractivity contribution in [3.05, 3.63) is 392 Å². The lowest BCUT2D eigenvalue weighted by Crippen LogP contribution is -2.71. The highest BCUT2D eigenvalue weighted by Crippen LogP contribution is 2.46. The second-order valence-electron chi connectivity index (χ2n) is 26.8. The maximum Gasteiger partial charge on any atom is 0.431 e. The number of benzene rings is 10. The number of hydrazine groups is 2. The number of nitrogens with one attached hydrogen (secondary N) is 3. The van der Waals surface area contributed by atoms with E-state index in [1.807, 2.05) is 237 Å². The largest absolute Gasteiger partial charge is 0.449 e. The van der Waals surface area contributed by atoms with Crippen molar-refractivity contribution in [2.75, 3.05) is 16.8 Å². The molecule has 0 radical (unpaired) electrons. The highest BCUT2D eigenvalue weighted by atomic mass is 32.2. The molecule has 1 aromatic heterocycles. The van der Waals surface area contributed by atoms with Gasteiger partial charge in [0, 0.05) is 42.0 Å². The number of anilines is 1. The summed E-state index contributed by atoms with van der Waals surface area (Å²) in [7, 11) is 0. The lowest BCUT2D eigenvalue weighted by atomic mass is 9.77. The smallest absolute Gasteiger partial charge is 0.431 e. The number of allylic oxidation sites excluding steroid dienone is 1. The van der Waals surface area contributed by atoms with E-state index in [2.05, 4.69) is 21.3 Å². The van der Waals surface area contributed by atoms with Gasteiger partial charge in [-0.2, -0.15) is 5.01 Å². The number of hydrogen-bond donors (Lipinski definition) is 3. The van der Waals surface area contributed by atoms with Crippen molar-refractivity contribution in [1.82, 2.24) is 30.8 Å². The van der Waals surface area contributed by atoms with E-state index in [9.17, 15) is 14.4 Å². The molecule has 0 saturated carbocycles. The Morgan fingerprint density at radius 3 is 1.53 bits per heavy atom. The fourth-order valence-electron chi connectivity index (χ4n) is 13.8. The predicted octanol–water partition coefficient (Wildman–Crippen LogP) is 16.0. The summed E-state index contributed by atoms with van der Waals surface area (Å²) in [5.74, 6) is -4.83. The lowest BCUT2D eigenvalue weighted by Gasteiger charge is -2.49. The normalized spacial score (nSPS) is 15.4. The van der Waals surface area contributed by atoms with Gasteiger partial charge >= 0.3 is 30.0 Å². The van der Waals surface area contributed by atoms with Crippen LogP contribution in [-0.2, 0) is 53.4 Å². The summed E-state index contributed by atoms with van der Waals surface area (Å²) >= 11 is 3.76. The number of hydrogen-bond acceptors (Lipinski definition) is 22. The minimum Gasteiger partial charge on any atom is -0.449 e. The molecule has 10 aromatic carbocycles. The first kappa shape index (κ1) is 76.9. The van der Waals surface area contributed by atoms with Crippen molar-refractivity contribution in [3.63, 3.8) is 0 Å². The molecular formula is C90H73N9O13S3. The third-order valence-electron chi connectivity index (χ3n) is 19.1. The van der Waals surface area contributed by atoms with Crippen LogP contribution in [0.15, 0.2) is 341 Å². The Kier molecular flexibility index (Phi) is 23.4. The van der Waals surface area contributed by atoms with E-state index in [4.69, 9.17) is 38.5 Å². The standard InChI is InChI=1S/C90H73N9O13S3/c1-57-51-75(99-74(91-57)53-97(96-99)89(106)111-81(64-39-21-8-22-40-64)65-41-23-9-24-42-65)113-54-67-55-114-85-77(84(103)98(85)78(67)86(104)109-79(60-31-13-4-14-32-60)61-33-15-5-16-34-61)93-83(102)76(71-56-115-88(92-71)94-90(68-43-25-10-26-44-68,69-45-27-11-28-46-69)70-47-29-12-30-48-70)95-112-82(66-49-50-72(107-58(2)100)73(52-66)108-59(3)101)87(105)110-80(62-35-17-6-18-36-62)63-37-19-7-20-38-63/h4-53,56,77,79-82,85,96H,54-55H2,1-3H3,(H,92,94)(H,93,102)/t77-,82?,85-/m1/s1. The molecule has 15 rings (SSSR count). The summed E-state index contributed by atoms with van der Waals surface area (Å²) in [5.41, 5.74) is 9.07. The minimum atomic E-state index is -1.89. The van der Waals surface area contributed by atoms with Crippen LogP contribution in [0.2, 0.25) is 0 Å². The average molecular weight is 1580 g/mol. The first-order valence-electron chi connectivity index (χ1n) is 36.7. The first-order valence-corrected chi connectivity index (χ1v) is 39.6. The summed E-state index contributed by atoms with van der Waals surface area (Å²) < 4.78 is 30.3. The summed E-state index contributed by atoms with van der Waals surface area (Å²) in [5, 5.41) is 15.7. The average Bonchev–Trinajstić information content (AvgIpc) is 1.10. The molecule has 3 atom stereocenters. The van der Waals surface area contributed by atoms with Crippen molar-refractivity contribution in [2.45, 2.75) is 62.1 Å². The number of amides is 3. The second kappa shape index (κ2) is 35.1. The summed E-state index contributed by atoms with van der Waals surface area (Å²) in [6.07, 6.45) is -1.97. The topological polar surface area (TPSA) is 258 Å². The predicted molar refractivity (Wildman–Crippen MR) is 438 cm³/mol. The van der Waals surface area contributed by atoms with Gasteiger partial charge in [-0.15, -0.1) is 40.4 Å². The Labute approximate surface area is 674 Å². The zero-order valence-electron chi connectivity index (χ0n) is 62.0. The number of carbonyl (C=O) groups excluding carboxylic acids is 7.